The molecule has 1 heterocycles. The number of ketones is 1. The Morgan fingerprint density at radius 2 is 1.63 bits per heavy atom. The summed E-state index contributed by atoms with van der Waals surface area (Å²) in [5.74, 6) is 1.47. The minimum Gasteiger partial charge on any atom is -0.403 e. The zero-order valence-corrected chi connectivity index (χ0v) is 13.2. The first-order valence-electron chi connectivity index (χ1n) is 7.50. The summed E-state index contributed by atoms with van der Waals surface area (Å²) < 4.78 is 12.3. The summed E-state index contributed by atoms with van der Waals surface area (Å²) in [5.41, 5.74) is -0.510. The average molecular weight is 266 g/mol. The van der Waals surface area contributed by atoms with E-state index >= 15 is 0 Å². The fourth-order valence-corrected chi connectivity index (χ4v) is 3.26. The van der Waals surface area contributed by atoms with Crippen molar-refractivity contribution in [1.29, 1.82) is 0 Å². The summed E-state index contributed by atoms with van der Waals surface area (Å²) in [4.78, 5) is 11.5. The SMILES string of the molecule is CC(=O)C1CCC(B2OC(C)(C)C(C)(C)O2)C(C)C1. The Kier molecular flexibility index (Phi) is 3.87. The molecule has 2 fully saturated rings. The molecule has 19 heavy (non-hydrogen) atoms. The van der Waals surface area contributed by atoms with Crippen molar-refractivity contribution < 1.29 is 14.1 Å². The Labute approximate surface area is 117 Å². The van der Waals surface area contributed by atoms with Gasteiger partial charge in [-0.1, -0.05) is 13.3 Å². The lowest BCUT2D eigenvalue weighted by Gasteiger charge is -2.34. The number of hydrogen-bond acceptors (Lipinski definition) is 3. The first-order chi connectivity index (χ1) is 8.64. The van der Waals surface area contributed by atoms with Crippen molar-refractivity contribution in [2.45, 2.75) is 77.8 Å². The third-order valence-electron chi connectivity index (χ3n) is 5.43. The van der Waals surface area contributed by atoms with E-state index in [1.54, 1.807) is 6.92 Å². The quantitative estimate of drug-likeness (QED) is 0.718. The Bertz CT molecular complexity index is 348. The van der Waals surface area contributed by atoms with Crippen LogP contribution in [0.2, 0.25) is 5.82 Å². The molecule has 3 nitrogen and oxygen atoms in total. The topological polar surface area (TPSA) is 35.5 Å². The van der Waals surface area contributed by atoms with Gasteiger partial charge in [0.1, 0.15) is 5.78 Å². The van der Waals surface area contributed by atoms with Crippen LogP contribution in [0.15, 0.2) is 0 Å². The maximum atomic E-state index is 11.5. The lowest BCUT2D eigenvalue weighted by Crippen LogP contribution is -2.41. The van der Waals surface area contributed by atoms with Crippen LogP contribution < -0.4 is 0 Å². The largest absolute Gasteiger partial charge is 0.461 e. The molecule has 2 aliphatic rings. The maximum absolute atomic E-state index is 11.5. The van der Waals surface area contributed by atoms with Crippen molar-refractivity contribution in [2.24, 2.45) is 11.8 Å². The van der Waals surface area contributed by atoms with Crippen LogP contribution >= 0.6 is 0 Å². The predicted molar refractivity (Wildman–Crippen MR) is 77.0 cm³/mol. The first-order valence-corrected chi connectivity index (χ1v) is 7.50. The molecule has 1 aliphatic carbocycles. The van der Waals surface area contributed by atoms with E-state index in [9.17, 15) is 4.79 Å². The zero-order valence-electron chi connectivity index (χ0n) is 13.2. The van der Waals surface area contributed by atoms with Gasteiger partial charge in [0.15, 0.2) is 0 Å². The zero-order chi connectivity index (χ0) is 14.4. The van der Waals surface area contributed by atoms with Gasteiger partial charge in [0, 0.05) is 5.92 Å². The van der Waals surface area contributed by atoms with Gasteiger partial charge < -0.3 is 9.31 Å². The van der Waals surface area contributed by atoms with Gasteiger partial charge in [0.2, 0.25) is 0 Å². The Morgan fingerprint density at radius 3 is 2.05 bits per heavy atom. The molecule has 108 valence electrons. The van der Waals surface area contributed by atoms with Gasteiger partial charge in [-0.05, 0) is 59.2 Å². The van der Waals surface area contributed by atoms with E-state index in [0.717, 1.165) is 19.3 Å². The van der Waals surface area contributed by atoms with Crippen LogP contribution in [0.4, 0.5) is 0 Å². The van der Waals surface area contributed by atoms with Crippen LogP contribution in [0.25, 0.3) is 0 Å². The summed E-state index contributed by atoms with van der Waals surface area (Å²) >= 11 is 0. The van der Waals surface area contributed by atoms with E-state index in [1.165, 1.54) is 0 Å². The van der Waals surface area contributed by atoms with Crippen molar-refractivity contribution in [2.75, 3.05) is 0 Å². The van der Waals surface area contributed by atoms with Crippen molar-refractivity contribution >= 4 is 12.9 Å². The molecule has 1 saturated carbocycles. The van der Waals surface area contributed by atoms with Gasteiger partial charge in [-0.25, -0.2) is 0 Å². The summed E-state index contributed by atoms with van der Waals surface area (Å²) in [6, 6.07) is 0. The number of Topliss-reactive ketones (excluding diaryl/α,β-unsaturated/α-hetero) is 1. The van der Waals surface area contributed by atoms with Crippen molar-refractivity contribution in [3.63, 3.8) is 0 Å². The molecule has 3 atom stereocenters. The molecule has 0 N–H and O–H groups in total. The minimum atomic E-state index is -0.255. The second kappa shape index (κ2) is 4.89. The van der Waals surface area contributed by atoms with Gasteiger partial charge in [-0.3, -0.25) is 4.79 Å². The van der Waals surface area contributed by atoms with E-state index in [2.05, 4.69) is 34.6 Å². The van der Waals surface area contributed by atoms with Gasteiger partial charge in [-0.15, -0.1) is 0 Å². The fraction of sp³-hybridized carbons (Fsp3) is 0.933. The molecule has 1 saturated heterocycles. The highest BCUT2D eigenvalue weighted by Crippen LogP contribution is 2.47. The van der Waals surface area contributed by atoms with Crippen LogP contribution in [0.3, 0.4) is 0 Å². The van der Waals surface area contributed by atoms with Crippen LogP contribution in [-0.4, -0.2) is 24.1 Å². The smallest absolute Gasteiger partial charge is 0.403 e. The van der Waals surface area contributed by atoms with Gasteiger partial charge in [-0.2, -0.15) is 0 Å². The first kappa shape index (κ1) is 15.1. The molecule has 3 unspecified atom stereocenters. The van der Waals surface area contributed by atoms with Crippen molar-refractivity contribution in [3.8, 4) is 0 Å². The molecule has 0 aromatic rings. The van der Waals surface area contributed by atoms with E-state index in [4.69, 9.17) is 9.31 Å². The Morgan fingerprint density at radius 1 is 1.11 bits per heavy atom. The molecular weight excluding hydrogens is 239 g/mol. The summed E-state index contributed by atoms with van der Waals surface area (Å²) in [6.45, 7) is 12.3. The second-order valence-corrected chi connectivity index (χ2v) is 7.39. The number of hydrogen-bond donors (Lipinski definition) is 0. The van der Waals surface area contributed by atoms with E-state index in [-0.39, 0.29) is 24.2 Å². The van der Waals surface area contributed by atoms with E-state index < -0.39 is 0 Å². The average Bonchev–Trinajstić information content (AvgIpc) is 2.47. The third-order valence-corrected chi connectivity index (χ3v) is 5.43. The normalized spacial score (nSPS) is 37.4. The number of carbonyl (C=O) groups excluding carboxylic acids is 1. The molecule has 2 rings (SSSR count). The van der Waals surface area contributed by atoms with Crippen molar-refractivity contribution in [1.82, 2.24) is 0 Å². The lowest BCUT2D eigenvalue weighted by molar-refractivity contribution is -0.122. The maximum Gasteiger partial charge on any atom is 0.461 e. The highest BCUT2D eigenvalue weighted by molar-refractivity contribution is 6.47. The van der Waals surface area contributed by atoms with E-state index in [0.29, 0.717) is 17.5 Å². The fourth-order valence-electron chi connectivity index (χ4n) is 3.26. The lowest BCUT2D eigenvalue weighted by atomic mass is 9.57. The summed E-state index contributed by atoms with van der Waals surface area (Å²) in [7, 11) is -0.118. The minimum absolute atomic E-state index is 0.118. The highest BCUT2D eigenvalue weighted by Gasteiger charge is 2.55. The molecule has 1 aliphatic heterocycles. The van der Waals surface area contributed by atoms with Crippen LogP contribution in [0.5, 0.6) is 0 Å². The standard InChI is InChI=1S/C15H27BO3/c1-10-9-12(11(2)17)7-8-13(10)16-18-14(3,4)15(5,6)19-16/h10,12-13H,7-9H2,1-6H3. The molecule has 0 aromatic carbocycles. The van der Waals surface area contributed by atoms with Gasteiger partial charge in [0.25, 0.3) is 0 Å². The van der Waals surface area contributed by atoms with Crippen molar-refractivity contribution in [3.05, 3.63) is 0 Å². The molecule has 0 radical (unpaired) electrons. The highest BCUT2D eigenvalue weighted by atomic mass is 16.7. The monoisotopic (exact) mass is 266 g/mol. The summed E-state index contributed by atoms with van der Waals surface area (Å²) in [6.07, 6.45) is 2.99. The van der Waals surface area contributed by atoms with E-state index in [1.807, 2.05) is 0 Å². The third kappa shape index (κ3) is 2.75. The molecule has 0 spiro atoms. The van der Waals surface area contributed by atoms with Gasteiger partial charge >= 0.3 is 7.12 Å². The molecular formula is C15H27BO3. The summed E-state index contributed by atoms with van der Waals surface area (Å²) in [5, 5.41) is 0. The Balaban J connectivity index is 2.03. The van der Waals surface area contributed by atoms with Crippen LogP contribution in [0.1, 0.15) is 60.8 Å². The molecule has 0 amide bonds. The predicted octanol–water partition coefficient (Wildman–Crippen LogP) is 3.47. The van der Waals surface area contributed by atoms with Crippen LogP contribution in [-0.2, 0) is 14.1 Å². The van der Waals surface area contributed by atoms with Gasteiger partial charge in [0.05, 0.1) is 11.2 Å². The second-order valence-electron chi connectivity index (χ2n) is 7.39. The van der Waals surface area contributed by atoms with Crippen LogP contribution in [0, 0.1) is 11.8 Å². The molecule has 0 aromatic heterocycles. The molecule has 0 bridgehead atoms. The Hall–Kier alpha value is -0.345. The number of rotatable bonds is 2. The molecule has 4 heteroatoms. The number of carbonyl (C=O) groups is 1.